The van der Waals surface area contributed by atoms with Crippen LogP contribution in [0.2, 0.25) is 0 Å². The zero-order chi connectivity index (χ0) is 29.6. The van der Waals surface area contributed by atoms with E-state index in [0.29, 0.717) is 46.3 Å². The third kappa shape index (κ3) is 6.80. The summed E-state index contributed by atoms with van der Waals surface area (Å²) in [4.78, 5) is 2.69. The maximum absolute atomic E-state index is 13.6. The molecular formula is C32H39NO7S. The number of para-hydroxylation sites is 1. The van der Waals surface area contributed by atoms with Gasteiger partial charge in [-0.2, -0.15) is 0 Å². The number of sulfone groups is 1. The quantitative estimate of drug-likeness (QED) is 0.159. The standard InChI is InChI=1S/C32H39NO7S/c1-22(2)30-32(26-10-7-8-11-27(26)40-30)41(34,35)25-14-12-24(13-15-25)39-19-9-17-33(3)18-16-23-20-28(36-4)31(38-6)29(21-23)37-5/h7-8,10-15,20-22H,9,16-19H2,1-6H3. The van der Waals surface area contributed by atoms with Crippen LogP contribution in [0.3, 0.4) is 0 Å². The number of methoxy groups -OCH3 is 3. The van der Waals surface area contributed by atoms with Crippen molar-refractivity contribution >= 4 is 20.8 Å². The van der Waals surface area contributed by atoms with Crippen LogP contribution in [-0.4, -0.2) is 61.4 Å². The average molecular weight is 582 g/mol. The molecule has 4 rings (SSSR count). The van der Waals surface area contributed by atoms with E-state index < -0.39 is 9.84 Å². The minimum absolute atomic E-state index is 0.0743. The maximum Gasteiger partial charge on any atom is 0.210 e. The van der Waals surface area contributed by atoms with Crippen molar-refractivity contribution in [3.63, 3.8) is 0 Å². The highest BCUT2D eigenvalue weighted by molar-refractivity contribution is 7.91. The molecule has 0 saturated carbocycles. The van der Waals surface area contributed by atoms with Gasteiger partial charge in [0, 0.05) is 24.4 Å². The van der Waals surface area contributed by atoms with E-state index in [2.05, 4.69) is 11.9 Å². The molecule has 0 radical (unpaired) electrons. The Morgan fingerprint density at radius 3 is 2.15 bits per heavy atom. The fourth-order valence-corrected chi connectivity index (χ4v) is 6.50. The second-order valence-electron chi connectivity index (χ2n) is 10.2. The van der Waals surface area contributed by atoms with E-state index >= 15 is 0 Å². The zero-order valence-corrected chi connectivity index (χ0v) is 25.4. The molecular weight excluding hydrogens is 542 g/mol. The zero-order valence-electron chi connectivity index (χ0n) is 24.6. The van der Waals surface area contributed by atoms with Crippen LogP contribution in [0, 0.1) is 0 Å². The Kier molecular flexibility index (Phi) is 9.83. The molecule has 3 aromatic carbocycles. The van der Waals surface area contributed by atoms with Crippen LogP contribution in [0.15, 0.2) is 74.9 Å². The molecule has 0 unspecified atom stereocenters. The molecule has 0 aliphatic heterocycles. The lowest BCUT2D eigenvalue weighted by Crippen LogP contribution is -2.23. The van der Waals surface area contributed by atoms with Crippen molar-refractivity contribution < 1.29 is 31.8 Å². The number of likely N-dealkylation sites (N-methyl/N-ethyl adjacent to an activating group) is 1. The van der Waals surface area contributed by atoms with Gasteiger partial charge in [-0.25, -0.2) is 8.42 Å². The van der Waals surface area contributed by atoms with Crippen LogP contribution in [0.5, 0.6) is 23.0 Å². The van der Waals surface area contributed by atoms with Crippen LogP contribution in [-0.2, 0) is 16.3 Å². The molecule has 0 aliphatic rings. The Labute approximate surface area is 242 Å². The number of hydrogen-bond acceptors (Lipinski definition) is 8. The Morgan fingerprint density at radius 1 is 0.878 bits per heavy atom. The highest BCUT2D eigenvalue weighted by atomic mass is 32.2. The lowest BCUT2D eigenvalue weighted by atomic mass is 10.1. The van der Waals surface area contributed by atoms with E-state index in [1.807, 2.05) is 38.1 Å². The predicted molar refractivity (Wildman–Crippen MR) is 160 cm³/mol. The molecule has 4 aromatic rings. The topological polar surface area (TPSA) is 87.4 Å². The van der Waals surface area contributed by atoms with Crippen molar-refractivity contribution in [2.75, 3.05) is 48.1 Å². The first-order valence-electron chi connectivity index (χ1n) is 13.7. The van der Waals surface area contributed by atoms with Crippen LogP contribution in [0.25, 0.3) is 11.0 Å². The van der Waals surface area contributed by atoms with Crippen molar-refractivity contribution in [3.8, 4) is 23.0 Å². The number of benzene rings is 3. The number of hydrogen-bond donors (Lipinski definition) is 0. The Bertz CT molecular complexity index is 1530. The first-order valence-corrected chi connectivity index (χ1v) is 15.1. The van der Waals surface area contributed by atoms with E-state index in [1.165, 1.54) is 0 Å². The van der Waals surface area contributed by atoms with Gasteiger partial charge < -0.3 is 28.3 Å². The molecule has 0 bridgehead atoms. The maximum atomic E-state index is 13.6. The number of rotatable bonds is 14. The molecule has 220 valence electrons. The van der Waals surface area contributed by atoms with Gasteiger partial charge in [-0.1, -0.05) is 26.0 Å². The Balaban J connectivity index is 1.31. The first-order chi connectivity index (χ1) is 19.7. The van der Waals surface area contributed by atoms with Gasteiger partial charge in [0.25, 0.3) is 0 Å². The largest absolute Gasteiger partial charge is 0.494 e. The fourth-order valence-electron chi connectivity index (χ4n) is 4.77. The van der Waals surface area contributed by atoms with Gasteiger partial charge in [-0.3, -0.25) is 0 Å². The minimum Gasteiger partial charge on any atom is -0.494 e. The molecule has 0 N–H and O–H groups in total. The second-order valence-corrected chi connectivity index (χ2v) is 12.1. The lowest BCUT2D eigenvalue weighted by molar-refractivity contribution is 0.263. The van der Waals surface area contributed by atoms with Crippen LogP contribution < -0.4 is 18.9 Å². The summed E-state index contributed by atoms with van der Waals surface area (Å²) in [7, 11) is 3.12. The molecule has 0 atom stereocenters. The van der Waals surface area contributed by atoms with E-state index in [-0.39, 0.29) is 15.7 Å². The SMILES string of the molecule is COc1cc(CCN(C)CCCOc2ccc(S(=O)(=O)c3c(C(C)C)oc4ccccc34)cc2)cc(OC)c1OC. The molecule has 0 aliphatic carbocycles. The monoisotopic (exact) mass is 581 g/mol. The van der Waals surface area contributed by atoms with Gasteiger partial charge in [0.2, 0.25) is 15.6 Å². The van der Waals surface area contributed by atoms with E-state index in [1.54, 1.807) is 57.7 Å². The van der Waals surface area contributed by atoms with Crippen LogP contribution >= 0.6 is 0 Å². The Morgan fingerprint density at radius 2 is 1.54 bits per heavy atom. The molecule has 0 amide bonds. The molecule has 1 heterocycles. The van der Waals surface area contributed by atoms with Crippen LogP contribution in [0.4, 0.5) is 0 Å². The molecule has 1 aromatic heterocycles. The fraction of sp³-hybridized carbons (Fsp3) is 0.375. The first kappa shape index (κ1) is 30.3. The molecule has 0 saturated heterocycles. The van der Waals surface area contributed by atoms with Gasteiger partial charge in [0.05, 0.1) is 32.8 Å². The number of fused-ring (bicyclic) bond motifs is 1. The summed E-state index contributed by atoms with van der Waals surface area (Å²) in [6.45, 7) is 6.08. The third-order valence-corrected chi connectivity index (χ3v) is 8.81. The molecule has 9 heteroatoms. The highest BCUT2D eigenvalue weighted by Gasteiger charge is 2.29. The normalized spacial score (nSPS) is 11.8. The second kappa shape index (κ2) is 13.3. The molecule has 41 heavy (non-hydrogen) atoms. The van der Waals surface area contributed by atoms with Crippen molar-refractivity contribution in [2.24, 2.45) is 0 Å². The van der Waals surface area contributed by atoms with E-state index in [4.69, 9.17) is 23.4 Å². The lowest BCUT2D eigenvalue weighted by Gasteiger charge is -2.18. The van der Waals surface area contributed by atoms with Crippen molar-refractivity contribution in [3.05, 3.63) is 72.0 Å². The summed E-state index contributed by atoms with van der Waals surface area (Å²) in [5.41, 5.74) is 1.67. The Hall–Kier alpha value is -3.69. The van der Waals surface area contributed by atoms with Gasteiger partial charge in [-0.15, -0.1) is 0 Å². The highest BCUT2D eigenvalue weighted by Crippen LogP contribution is 2.39. The van der Waals surface area contributed by atoms with Gasteiger partial charge in [0.1, 0.15) is 22.0 Å². The molecule has 8 nitrogen and oxygen atoms in total. The molecule has 0 spiro atoms. The summed E-state index contributed by atoms with van der Waals surface area (Å²) in [6.07, 6.45) is 1.65. The van der Waals surface area contributed by atoms with Crippen LogP contribution in [0.1, 0.15) is 37.5 Å². The van der Waals surface area contributed by atoms with Crippen molar-refractivity contribution in [2.45, 2.75) is 42.4 Å². The van der Waals surface area contributed by atoms with Crippen molar-refractivity contribution in [1.82, 2.24) is 4.90 Å². The summed E-state index contributed by atoms with van der Waals surface area (Å²) >= 11 is 0. The van der Waals surface area contributed by atoms with Gasteiger partial charge in [-0.05, 0) is 74.0 Å². The molecule has 0 fully saturated rings. The average Bonchev–Trinajstić information content (AvgIpc) is 3.39. The van der Waals surface area contributed by atoms with Gasteiger partial charge >= 0.3 is 0 Å². The van der Waals surface area contributed by atoms with Crippen molar-refractivity contribution in [1.29, 1.82) is 0 Å². The minimum atomic E-state index is -3.77. The third-order valence-electron chi connectivity index (χ3n) is 6.96. The van der Waals surface area contributed by atoms with E-state index in [9.17, 15) is 8.42 Å². The summed E-state index contributed by atoms with van der Waals surface area (Å²) in [5, 5.41) is 0.603. The number of furan rings is 1. The van der Waals surface area contributed by atoms with Gasteiger partial charge in [0.15, 0.2) is 11.5 Å². The number of nitrogens with zero attached hydrogens (tertiary/aromatic N) is 1. The summed E-state index contributed by atoms with van der Waals surface area (Å²) in [6, 6.07) is 17.8. The summed E-state index contributed by atoms with van der Waals surface area (Å²) in [5.74, 6) is 2.91. The van der Waals surface area contributed by atoms with E-state index in [0.717, 1.165) is 31.5 Å². The number of ether oxygens (including phenoxy) is 4. The summed E-state index contributed by atoms with van der Waals surface area (Å²) < 4.78 is 55.4. The smallest absolute Gasteiger partial charge is 0.210 e. The predicted octanol–water partition coefficient (Wildman–Crippen LogP) is 6.36.